The zero-order valence-corrected chi connectivity index (χ0v) is 35.7. The summed E-state index contributed by atoms with van der Waals surface area (Å²) in [5.41, 5.74) is -2.19. The summed E-state index contributed by atoms with van der Waals surface area (Å²) in [5.74, 6) is 1.38. The molecule has 3 aromatic rings. The Balaban J connectivity index is 1.01. The topological polar surface area (TPSA) is 87.1 Å². The molecule has 1 amide bonds. The summed E-state index contributed by atoms with van der Waals surface area (Å²) in [5, 5.41) is 26.8. The molecule has 0 aliphatic heterocycles. The van der Waals surface area contributed by atoms with Crippen LogP contribution in [0.4, 0.5) is 9.18 Å². The molecule has 6 nitrogen and oxygen atoms in total. The van der Waals surface area contributed by atoms with Crippen molar-refractivity contribution in [2.45, 2.75) is 110 Å². The molecule has 0 heterocycles. The van der Waals surface area contributed by atoms with Gasteiger partial charge in [-0.1, -0.05) is 93.9 Å². The lowest BCUT2D eigenvalue weighted by Gasteiger charge is -2.71. The van der Waals surface area contributed by atoms with Crippen LogP contribution in [-0.2, 0) is 11.2 Å². The van der Waals surface area contributed by atoms with Crippen molar-refractivity contribution in [3.8, 4) is 5.75 Å². The SMILES string of the molecule is CC1(C)[C@H]2CC[C@@H](CN(C[C@]3(O)CC[C@H]4[C@]56C=C[C@@]7(C=C5C(=O)Cc5c(F)cccc5Cl)CC(O)CC[C@]7(C)[C@H]6CC[C@@]43C)C(=O)Oc3ccc4ccccc4c3)[C@@H]1C2. The summed E-state index contributed by atoms with van der Waals surface area (Å²) >= 11 is 6.54. The van der Waals surface area contributed by atoms with E-state index in [9.17, 15) is 19.8 Å². The fourth-order valence-electron chi connectivity index (χ4n) is 15.0. The first-order valence-electron chi connectivity index (χ1n) is 22.3. The predicted molar refractivity (Wildman–Crippen MR) is 228 cm³/mol. The number of carbonyl (C=O) groups excluding carboxylic acids is 2. The average Bonchev–Trinajstić information content (AvgIpc) is 3.48. The van der Waals surface area contributed by atoms with E-state index < -0.39 is 39.9 Å². The minimum atomic E-state index is -1.25. The van der Waals surface area contributed by atoms with Crippen molar-refractivity contribution in [1.29, 1.82) is 0 Å². The van der Waals surface area contributed by atoms with E-state index in [0.29, 0.717) is 55.4 Å². The summed E-state index contributed by atoms with van der Waals surface area (Å²) in [4.78, 5) is 31.4. The van der Waals surface area contributed by atoms with Gasteiger partial charge >= 0.3 is 6.09 Å². The van der Waals surface area contributed by atoms with Crippen LogP contribution < -0.4 is 4.74 Å². The van der Waals surface area contributed by atoms with Gasteiger partial charge in [0.2, 0.25) is 0 Å². The van der Waals surface area contributed by atoms with Crippen molar-refractivity contribution >= 4 is 34.2 Å². The Bertz CT molecular complexity index is 2280. The molecule has 6 saturated carbocycles. The van der Waals surface area contributed by atoms with Crippen molar-refractivity contribution in [2.75, 3.05) is 13.1 Å². The van der Waals surface area contributed by atoms with Crippen LogP contribution in [-0.4, -0.2) is 51.8 Å². The molecule has 9 aliphatic rings. The predicted octanol–water partition coefficient (Wildman–Crippen LogP) is 10.9. The van der Waals surface area contributed by atoms with Crippen molar-refractivity contribution in [3.63, 3.8) is 0 Å². The maximum absolute atomic E-state index is 15.3. The van der Waals surface area contributed by atoms with Gasteiger partial charge in [0, 0.05) is 45.4 Å². The zero-order valence-electron chi connectivity index (χ0n) is 35.0. The maximum Gasteiger partial charge on any atom is 0.415 e. The fourth-order valence-corrected chi connectivity index (χ4v) is 15.2. The summed E-state index contributed by atoms with van der Waals surface area (Å²) < 4.78 is 21.5. The smallest absolute Gasteiger partial charge is 0.410 e. The van der Waals surface area contributed by atoms with Gasteiger partial charge in [0.15, 0.2) is 5.78 Å². The first kappa shape index (κ1) is 39.6. The number of ether oxygens (including phenoxy) is 1. The highest BCUT2D eigenvalue weighted by molar-refractivity contribution is 6.31. The molecule has 3 aromatic carbocycles. The number of nitrogens with zero attached hydrogens (tertiary/aromatic N) is 1. The number of rotatable bonds is 8. The van der Waals surface area contributed by atoms with Gasteiger partial charge in [-0.3, -0.25) is 4.79 Å². The highest BCUT2D eigenvalue weighted by Crippen LogP contribution is 2.78. The van der Waals surface area contributed by atoms with Crippen LogP contribution in [0.2, 0.25) is 5.02 Å². The van der Waals surface area contributed by atoms with E-state index in [-0.39, 0.29) is 52.0 Å². The van der Waals surface area contributed by atoms with Gasteiger partial charge in [-0.25, -0.2) is 9.18 Å². The second kappa shape index (κ2) is 13.5. The number of aliphatic hydroxyl groups is 2. The fraction of sp³-hybridized carbons (Fsp3) is 0.569. The third kappa shape index (κ3) is 5.61. The van der Waals surface area contributed by atoms with Gasteiger partial charge in [0.25, 0.3) is 0 Å². The third-order valence-corrected chi connectivity index (χ3v) is 18.9. The first-order chi connectivity index (χ1) is 28.0. The van der Waals surface area contributed by atoms with Gasteiger partial charge in [0.1, 0.15) is 11.6 Å². The number of Topliss-reactive ketones (excluding diaryl/α,β-unsaturated/α-hetero) is 1. The summed E-state index contributed by atoms with van der Waals surface area (Å²) in [6.45, 7) is 9.99. The lowest BCUT2D eigenvalue weighted by molar-refractivity contribution is -0.179. The van der Waals surface area contributed by atoms with Gasteiger partial charge in [0.05, 0.1) is 18.2 Å². The number of carbonyl (C=O) groups is 2. The van der Waals surface area contributed by atoms with E-state index in [0.717, 1.165) is 48.8 Å². The lowest BCUT2D eigenvalue weighted by atomic mass is 9.32. The zero-order chi connectivity index (χ0) is 41.3. The monoisotopic (exact) mass is 819 g/mol. The van der Waals surface area contributed by atoms with Crippen LogP contribution in [0.1, 0.15) is 97.5 Å². The molecule has 1 unspecified atom stereocenters. The first-order valence-corrected chi connectivity index (χ1v) is 22.7. The number of allylic oxidation sites excluding steroid dienone is 4. The van der Waals surface area contributed by atoms with E-state index in [1.54, 1.807) is 12.1 Å². The van der Waals surface area contributed by atoms with Crippen LogP contribution in [0.5, 0.6) is 5.75 Å². The van der Waals surface area contributed by atoms with Crippen molar-refractivity contribution in [3.05, 3.63) is 101 Å². The molecule has 8 heteroatoms. The van der Waals surface area contributed by atoms with Gasteiger partial charge in [-0.2, -0.15) is 0 Å². The molecule has 0 aromatic heterocycles. The van der Waals surface area contributed by atoms with Crippen molar-refractivity contribution in [1.82, 2.24) is 4.90 Å². The van der Waals surface area contributed by atoms with E-state index >= 15 is 4.39 Å². The summed E-state index contributed by atoms with van der Waals surface area (Å²) in [6.07, 6.45) is 13.9. The van der Waals surface area contributed by atoms with Crippen LogP contribution in [0.3, 0.4) is 0 Å². The van der Waals surface area contributed by atoms with E-state index in [1.165, 1.54) is 12.5 Å². The molecule has 2 N–H and O–H groups in total. The molecule has 2 spiro atoms. The molecule has 9 aliphatic carbocycles. The number of ketones is 1. The summed E-state index contributed by atoms with van der Waals surface area (Å²) in [6, 6.07) is 18.3. The third-order valence-electron chi connectivity index (χ3n) is 18.5. The van der Waals surface area contributed by atoms with Gasteiger partial charge in [-0.05, 0) is 140 Å². The standard InChI is InChI=1S/C51H59ClFNO5/c1-46(2)34-14-12-33(38(46)25-34)29-54(45(57)59-36-15-13-31-8-5-6-9-32(31)24-36)30-50(58)21-18-44-48(50,4)20-17-43-47(3)19-16-35(55)27-49(47)22-23-51(43,44)39(28-49)42(56)26-37-40(52)10-7-11-41(37)53/h5-11,13,15,22-24,28,33-35,38,43-44,55,58H,12,14,16-21,25-27,29-30H2,1-4H3/t33-,34-,35?,38-,43+,44+,47+,48-,49-,50+,51+/m0/s1. The van der Waals surface area contributed by atoms with Crippen LogP contribution >= 0.6 is 11.6 Å². The number of fused-ring (bicyclic) bond motifs is 4. The molecule has 12 rings (SSSR count). The number of benzene rings is 3. The Morgan fingerprint density at radius 2 is 1.63 bits per heavy atom. The summed E-state index contributed by atoms with van der Waals surface area (Å²) in [7, 11) is 0. The van der Waals surface area contributed by atoms with Crippen LogP contribution in [0, 0.1) is 62.5 Å². The minimum absolute atomic E-state index is 0.0953. The van der Waals surface area contributed by atoms with Gasteiger partial charge < -0.3 is 19.8 Å². The minimum Gasteiger partial charge on any atom is -0.410 e. The van der Waals surface area contributed by atoms with Crippen LogP contribution in [0.25, 0.3) is 10.8 Å². The largest absolute Gasteiger partial charge is 0.415 e. The molecule has 0 saturated heterocycles. The highest BCUT2D eigenvalue weighted by atomic mass is 35.5. The second-order valence-electron chi connectivity index (χ2n) is 21.1. The number of amides is 1. The Labute approximate surface area is 353 Å². The van der Waals surface area contributed by atoms with E-state index in [4.69, 9.17) is 16.3 Å². The molecule has 11 atom stereocenters. The highest BCUT2D eigenvalue weighted by Gasteiger charge is 2.74. The normalized spacial score (nSPS) is 39.7. The Morgan fingerprint density at radius 3 is 2.39 bits per heavy atom. The molecular weight excluding hydrogens is 761 g/mol. The van der Waals surface area contributed by atoms with E-state index in [1.807, 2.05) is 47.4 Å². The van der Waals surface area contributed by atoms with Crippen LogP contribution in [0.15, 0.2) is 84.5 Å². The molecule has 0 radical (unpaired) electrons. The number of hydrogen-bond donors (Lipinski definition) is 2. The number of hydrogen-bond acceptors (Lipinski definition) is 5. The lowest BCUT2D eigenvalue weighted by Crippen LogP contribution is -2.67. The molecule has 312 valence electrons. The Kier molecular flexibility index (Phi) is 9.05. The quantitative estimate of drug-likeness (QED) is 0.221. The maximum atomic E-state index is 15.3. The molecule has 59 heavy (non-hydrogen) atoms. The Hall–Kier alpha value is -3.52. The number of aliphatic hydroxyl groups excluding tert-OH is 1. The Morgan fingerprint density at radius 1 is 0.881 bits per heavy atom. The molecular formula is C51H59ClFNO5. The molecule has 4 bridgehead atoms. The molecule has 6 fully saturated rings. The van der Waals surface area contributed by atoms with E-state index in [2.05, 4.69) is 45.9 Å². The average molecular weight is 820 g/mol. The number of halogens is 2. The van der Waals surface area contributed by atoms with Gasteiger partial charge in [-0.15, -0.1) is 0 Å². The second-order valence-corrected chi connectivity index (χ2v) is 21.5. The van der Waals surface area contributed by atoms with Crippen molar-refractivity contribution < 1.29 is 28.9 Å². The van der Waals surface area contributed by atoms with Crippen molar-refractivity contribution in [2.24, 2.45) is 56.7 Å².